The minimum Gasteiger partial charge on any atom is -0.481 e. The average Bonchev–Trinajstić information content (AvgIpc) is 2.92. The molecule has 0 spiro atoms. The SMILES string of the molecule is Cc1cnc(C(CC(C)C)C(=O)N[C@@H](CC(=O)O)c2c(F)c(C)cc(-c3c(C)cccc3C)c2F)cc1CCN1CC(F)C1. The zero-order valence-electron chi connectivity index (χ0n) is 26.3. The van der Waals surface area contributed by atoms with Crippen LogP contribution in [-0.4, -0.2) is 52.7 Å². The van der Waals surface area contributed by atoms with Crippen LogP contribution in [0.25, 0.3) is 11.1 Å². The number of halogens is 3. The molecule has 0 radical (unpaired) electrons. The lowest BCUT2D eigenvalue weighted by molar-refractivity contribution is -0.137. The zero-order valence-corrected chi connectivity index (χ0v) is 26.3. The van der Waals surface area contributed by atoms with Gasteiger partial charge in [0.25, 0.3) is 0 Å². The predicted molar refractivity (Wildman–Crippen MR) is 165 cm³/mol. The lowest BCUT2D eigenvalue weighted by Crippen LogP contribution is -2.48. The monoisotopic (exact) mass is 609 g/mol. The van der Waals surface area contributed by atoms with Gasteiger partial charge in [0.05, 0.1) is 24.1 Å². The quantitative estimate of drug-likeness (QED) is 0.233. The van der Waals surface area contributed by atoms with E-state index in [9.17, 15) is 19.1 Å². The molecule has 1 amide bonds. The highest BCUT2D eigenvalue weighted by Crippen LogP contribution is 2.37. The smallest absolute Gasteiger partial charge is 0.305 e. The molecule has 0 aliphatic carbocycles. The lowest BCUT2D eigenvalue weighted by Gasteiger charge is -2.34. The Morgan fingerprint density at radius 1 is 1.02 bits per heavy atom. The summed E-state index contributed by atoms with van der Waals surface area (Å²) in [5.41, 5.74) is 4.44. The number of aliphatic carboxylic acids is 1. The van der Waals surface area contributed by atoms with E-state index >= 15 is 8.78 Å². The number of benzene rings is 2. The number of likely N-dealkylation sites (tertiary alicyclic amines) is 1. The van der Waals surface area contributed by atoms with Crippen molar-refractivity contribution in [2.24, 2.45) is 5.92 Å². The molecule has 2 aromatic carbocycles. The van der Waals surface area contributed by atoms with Crippen molar-refractivity contribution in [2.75, 3.05) is 19.6 Å². The number of carboxylic acids is 1. The summed E-state index contributed by atoms with van der Waals surface area (Å²) in [6.07, 6.45) is 1.25. The lowest BCUT2D eigenvalue weighted by atomic mass is 9.88. The molecule has 2 atom stereocenters. The third-order valence-corrected chi connectivity index (χ3v) is 8.44. The number of nitrogens with zero attached hydrogens (tertiary/aromatic N) is 2. The molecule has 44 heavy (non-hydrogen) atoms. The van der Waals surface area contributed by atoms with E-state index in [1.807, 2.05) is 63.8 Å². The van der Waals surface area contributed by atoms with Crippen molar-refractivity contribution in [3.05, 3.63) is 87.2 Å². The van der Waals surface area contributed by atoms with Crippen LogP contribution in [0.1, 0.15) is 77.7 Å². The average molecular weight is 610 g/mol. The van der Waals surface area contributed by atoms with Crippen LogP contribution in [0, 0.1) is 45.2 Å². The van der Waals surface area contributed by atoms with Gasteiger partial charge in [-0.3, -0.25) is 19.5 Å². The summed E-state index contributed by atoms with van der Waals surface area (Å²) in [5, 5.41) is 12.5. The molecule has 2 N–H and O–H groups in total. The maximum absolute atomic E-state index is 16.3. The molecule has 9 heteroatoms. The van der Waals surface area contributed by atoms with E-state index < -0.39 is 53.6 Å². The number of pyridine rings is 1. The Balaban J connectivity index is 1.71. The van der Waals surface area contributed by atoms with Gasteiger partial charge >= 0.3 is 5.97 Å². The Labute approximate surface area is 257 Å². The van der Waals surface area contributed by atoms with Crippen LogP contribution in [0.3, 0.4) is 0 Å². The van der Waals surface area contributed by atoms with Crippen LogP contribution in [0.2, 0.25) is 0 Å². The first-order valence-corrected chi connectivity index (χ1v) is 15.2. The number of hydrogen-bond donors (Lipinski definition) is 2. The summed E-state index contributed by atoms with van der Waals surface area (Å²) in [6.45, 7) is 12.5. The molecule has 0 saturated carbocycles. The summed E-state index contributed by atoms with van der Waals surface area (Å²) in [6, 6.07) is 7.35. The van der Waals surface area contributed by atoms with Gasteiger partial charge in [-0.2, -0.15) is 0 Å². The molecule has 4 rings (SSSR count). The normalized spacial score (nSPS) is 15.2. The van der Waals surface area contributed by atoms with Crippen LogP contribution in [0.15, 0.2) is 36.5 Å². The second-order valence-electron chi connectivity index (χ2n) is 12.5. The summed E-state index contributed by atoms with van der Waals surface area (Å²) in [5.74, 6) is -4.35. The van der Waals surface area contributed by atoms with Crippen molar-refractivity contribution in [1.82, 2.24) is 15.2 Å². The van der Waals surface area contributed by atoms with E-state index in [1.54, 1.807) is 6.20 Å². The van der Waals surface area contributed by atoms with E-state index in [4.69, 9.17) is 0 Å². The highest BCUT2D eigenvalue weighted by Gasteiger charge is 2.32. The van der Waals surface area contributed by atoms with E-state index in [2.05, 4.69) is 10.3 Å². The minimum absolute atomic E-state index is 0.0703. The molecule has 0 bridgehead atoms. The standard InChI is InChI=1S/C35H42F3N3O3/c1-19(2)12-26(28-14-24(23(6)16-39-28)10-11-41-17-25(36)18-41)35(44)40-29(15-30(42)43)32-33(37)22(5)13-27(34(32)38)31-20(3)8-7-9-21(31)4/h7-9,13-14,16,19,25-26,29H,10-12,15,17-18H2,1-6H3,(H,40,44)(H,42,43)/t26?,29-/m0/s1. The molecular weight excluding hydrogens is 567 g/mol. The van der Waals surface area contributed by atoms with Gasteiger partial charge in [-0.05, 0) is 92.0 Å². The number of amides is 1. The maximum atomic E-state index is 16.3. The van der Waals surface area contributed by atoms with Gasteiger partial charge in [-0.15, -0.1) is 0 Å². The number of alkyl halides is 1. The second kappa shape index (κ2) is 13.9. The second-order valence-corrected chi connectivity index (χ2v) is 12.5. The number of aromatic nitrogens is 1. The summed E-state index contributed by atoms with van der Waals surface area (Å²) < 4.78 is 45.3. The number of carboxylic acid groups (broad SMARTS) is 1. The van der Waals surface area contributed by atoms with Crippen LogP contribution in [-0.2, 0) is 16.0 Å². The molecule has 2 heterocycles. The molecule has 1 aliphatic heterocycles. The molecular formula is C35H42F3N3O3. The third kappa shape index (κ3) is 7.49. The first kappa shape index (κ1) is 33.2. The summed E-state index contributed by atoms with van der Waals surface area (Å²) in [7, 11) is 0. The molecule has 236 valence electrons. The maximum Gasteiger partial charge on any atom is 0.305 e. The third-order valence-electron chi connectivity index (χ3n) is 8.44. The van der Waals surface area contributed by atoms with E-state index in [0.29, 0.717) is 43.7 Å². The van der Waals surface area contributed by atoms with Crippen molar-refractivity contribution < 1.29 is 27.9 Å². The van der Waals surface area contributed by atoms with Crippen molar-refractivity contribution in [3.63, 3.8) is 0 Å². The van der Waals surface area contributed by atoms with Gasteiger partial charge in [0.1, 0.15) is 17.8 Å². The van der Waals surface area contributed by atoms with Crippen molar-refractivity contribution in [2.45, 2.75) is 78.9 Å². The Bertz CT molecular complexity index is 1520. The van der Waals surface area contributed by atoms with Crippen molar-refractivity contribution in [3.8, 4) is 11.1 Å². The predicted octanol–water partition coefficient (Wildman–Crippen LogP) is 6.92. The Kier molecular flexibility index (Phi) is 10.5. The van der Waals surface area contributed by atoms with Gasteiger partial charge < -0.3 is 10.4 Å². The van der Waals surface area contributed by atoms with Crippen LogP contribution < -0.4 is 5.32 Å². The Morgan fingerprint density at radius 3 is 2.27 bits per heavy atom. The molecule has 6 nitrogen and oxygen atoms in total. The van der Waals surface area contributed by atoms with E-state index in [-0.39, 0.29) is 17.0 Å². The van der Waals surface area contributed by atoms with Gasteiger partial charge in [-0.1, -0.05) is 32.0 Å². The molecule has 3 aromatic rings. The number of nitrogens with one attached hydrogen (secondary N) is 1. The van der Waals surface area contributed by atoms with E-state index in [0.717, 1.165) is 22.3 Å². The zero-order chi connectivity index (χ0) is 32.3. The van der Waals surface area contributed by atoms with Crippen molar-refractivity contribution >= 4 is 11.9 Å². The van der Waals surface area contributed by atoms with Gasteiger partial charge in [-0.25, -0.2) is 13.2 Å². The summed E-state index contributed by atoms with van der Waals surface area (Å²) >= 11 is 0. The van der Waals surface area contributed by atoms with Crippen LogP contribution in [0.5, 0.6) is 0 Å². The molecule has 1 saturated heterocycles. The number of aryl methyl sites for hydroxylation is 4. The van der Waals surface area contributed by atoms with Crippen molar-refractivity contribution in [1.29, 1.82) is 0 Å². The first-order valence-electron chi connectivity index (χ1n) is 15.2. The molecule has 1 aliphatic rings. The van der Waals surface area contributed by atoms with Crippen LogP contribution >= 0.6 is 0 Å². The minimum atomic E-state index is -1.46. The highest BCUT2D eigenvalue weighted by atomic mass is 19.1. The largest absolute Gasteiger partial charge is 0.481 e. The topological polar surface area (TPSA) is 82.5 Å². The van der Waals surface area contributed by atoms with Crippen LogP contribution in [0.4, 0.5) is 13.2 Å². The number of carbonyl (C=O) groups excluding carboxylic acids is 1. The highest BCUT2D eigenvalue weighted by molar-refractivity contribution is 5.84. The number of hydrogen-bond acceptors (Lipinski definition) is 4. The first-order chi connectivity index (χ1) is 20.8. The fourth-order valence-corrected chi connectivity index (χ4v) is 6.04. The number of rotatable bonds is 12. The Morgan fingerprint density at radius 2 is 1.68 bits per heavy atom. The summed E-state index contributed by atoms with van der Waals surface area (Å²) in [4.78, 5) is 32.5. The Hall–Kier alpha value is -3.72. The fourth-order valence-electron chi connectivity index (χ4n) is 6.04. The number of carbonyl (C=O) groups is 2. The van der Waals surface area contributed by atoms with Gasteiger partial charge in [0, 0.05) is 37.0 Å². The van der Waals surface area contributed by atoms with Gasteiger partial charge in [0.2, 0.25) is 5.91 Å². The fraction of sp³-hybridized carbons (Fsp3) is 0.457. The molecule has 1 fully saturated rings. The molecule has 1 unspecified atom stereocenters. The van der Waals surface area contributed by atoms with E-state index in [1.165, 1.54) is 13.0 Å². The molecule has 1 aromatic heterocycles. The van der Waals surface area contributed by atoms with Gasteiger partial charge in [0.15, 0.2) is 0 Å².